The summed E-state index contributed by atoms with van der Waals surface area (Å²) in [4.78, 5) is 4.27. The summed E-state index contributed by atoms with van der Waals surface area (Å²) in [7, 11) is 0. The van der Waals surface area contributed by atoms with Crippen LogP contribution in [0.3, 0.4) is 0 Å². The predicted molar refractivity (Wildman–Crippen MR) is 57.8 cm³/mol. The maximum atomic E-state index is 5.71. The van der Waals surface area contributed by atoms with E-state index in [-0.39, 0.29) is 0 Å². The molecule has 0 aromatic carbocycles. The summed E-state index contributed by atoms with van der Waals surface area (Å²) in [6.07, 6.45) is 2.24. The maximum Gasteiger partial charge on any atom is 0.0794 e. The molecule has 0 radical (unpaired) electrons. The Morgan fingerprint density at radius 3 is 2.77 bits per heavy atom. The van der Waals surface area contributed by atoms with Gasteiger partial charge in [0.05, 0.1) is 11.2 Å². The molecule has 0 aliphatic rings. The molecule has 1 unspecified atom stereocenters. The largest absolute Gasteiger partial charge is 0.330 e. The first-order valence-corrected chi connectivity index (χ1v) is 5.73. The molecule has 0 saturated heterocycles. The number of aromatic nitrogens is 1. The molecule has 0 fully saturated rings. The molecule has 0 saturated carbocycles. The van der Waals surface area contributed by atoms with E-state index >= 15 is 0 Å². The van der Waals surface area contributed by atoms with Crippen LogP contribution >= 0.6 is 11.3 Å². The Morgan fingerprint density at radius 2 is 2.31 bits per heavy atom. The van der Waals surface area contributed by atoms with Gasteiger partial charge < -0.3 is 5.73 Å². The molecule has 0 bridgehead atoms. The summed E-state index contributed by atoms with van der Waals surface area (Å²) in [6, 6.07) is 0. The summed E-state index contributed by atoms with van der Waals surface area (Å²) >= 11 is 1.66. The number of nitrogens with zero attached hydrogens (tertiary/aromatic N) is 1. The average molecular weight is 198 g/mol. The van der Waals surface area contributed by atoms with Crippen LogP contribution in [0.5, 0.6) is 0 Å². The first kappa shape index (κ1) is 10.7. The van der Waals surface area contributed by atoms with E-state index in [4.69, 9.17) is 5.73 Å². The van der Waals surface area contributed by atoms with Gasteiger partial charge in [0.15, 0.2) is 0 Å². The Balaban J connectivity index is 2.40. The van der Waals surface area contributed by atoms with Gasteiger partial charge in [0.2, 0.25) is 0 Å². The molecular weight excluding hydrogens is 180 g/mol. The van der Waals surface area contributed by atoms with E-state index in [2.05, 4.69) is 24.2 Å². The van der Waals surface area contributed by atoms with Crippen molar-refractivity contribution < 1.29 is 0 Å². The second-order valence-corrected chi connectivity index (χ2v) is 4.63. The van der Waals surface area contributed by atoms with Crippen molar-refractivity contribution in [3.8, 4) is 0 Å². The van der Waals surface area contributed by atoms with Gasteiger partial charge in [-0.3, -0.25) is 0 Å². The first-order valence-electron chi connectivity index (χ1n) is 4.79. The van der Waals surface area contributed by atoms with E-state index in [0.717, 1.165) is 18.9 Å². The minimum atomic E-state index is 0.599. The van der Waals surface area contributed by atoms with Gasteiger partial charge in [0.25, 0.3) is 0 Å². The lowest BCUT2D eigenvalue weighted by molar-refractivity contribution is 0.412. The summed E-state index contributed by atoms with van der Waals surface area (Å²) in [5.74, 6) is 1.33. The van der Waals surface area contributed by atoms with Gasteiger partial charge >= 0.3 is 0 Å². The van der Waals surface area contributed by atoms with Crippen molar-refractivity contribution in [1.82, 2.24) is 4.98 Å². The summed E-state index contributed by atoms with van der Waals surface area (Å²) in [5, 5.41) is 2.11. The molecule has 1 rings (SSSR count). The molecule has 1 aromatic rings. The van der Waals surface area contributed by atoms with Crippen LogP contribution in [0.2, 0.25) is 0 Å². The zero-order valence-electron chi connectivity index (χ0n) is 8.36. The van der Waals surface area contributed by atoms with Crippen LogP contribution in [0.1, 0.15) is 26.0 Å². The summed E-state index contributed by atoms with van der Waals surface area (Å²) in [5.41, 5.74) is 8.80. The van der Waals surface area contributed by atoms with Crippen LogP contribution < -0.4 is 5.73 Å². The van der Waals surface area contributed by atoms with Crippen LogP contribution in [-0.2, 0) is 6.42 Å². The zero-order valence-corrected chi connectivity index (χ0v) is 9.18. The monoisotopic (exact) mass is 198 g/mol. The first-order chi connectivity index (χ1) is 6.22. The van der Waals surface area contributed by atoms with Crippen molar-refractivity contribution in [2.45, 2.75) is 26.7 Å². The molecular formula is C10H18N2S. The smallest absolute Gasteiger partial charge is 0.0794 e. The molecule has 0 aliphatic carbocycles. The van der Waals surface area contributed by atoms with Crippen molar-refractivity contribution >= 4 is 11.3 Å². The van der Waals surface area contributed by atoms with Gasteiger partial charge in [0.1, 0.15) is 0 Å². The highest BCUT2D eigenvalue weighted by atomic mass is 32.1. The number of nitrogens with two attached hydrogens (primary N) is 1. The minimum Gasteiger partial charge on any atom is -0.330 e. The molecule has 0 spiro atoms. The highest BCUT2D eigenvalue weighted by Crippen LogP contribution is 2.16. The molecule has 74 valence electrons. The van der Waals surface area contributed by atoms with Crippen molar-refractivity contribution in [3.63, 3.8) is 0 Å². The van der Waals surface area contributed by atoms with Crippen LogP contribution in [0.15, 0.2) is 10.9 Å². The van der Waals surface area contributed by atoms with Gasteiger partial charge in [-0.15, -0.1) is 11.3 Å². The molecule has 13 heavy (non-hydrogen) atoms. The van der Waals surface area contributed by atoms with Crippen LogP contribution in [-0.4, -0.2) is 11.5 Å². The van der Waals surface area contributed by atoms with E-state index in [1.54, 1.807) is 11.3 Å². The lowest BCUT2D eigenvalue weighted by Crippen LogP contribution is -2.18. The van der Waals surface area contributed by atoms with Crippen molar-refractivity contribution in [2.75, 3.05) is 6.54 Å². The Bertz CT molecular complexity index is 219. The topological polar surface area (TPSA) is 38.9 Å². The van der Waals surface area contributed by atoms with Gasteiger partial charge in [-0.25, -0.2) is 4.98 Å². The lowest BCUT2D eigenvalue weighted by atomic mass is 9.93. The second-order valence-electron chi connectivity index (χ2n) is 3.92. The Hall–Kier alpha value is -0.410. The predicted octanol–water partition coefficient (Wildman–Crippen LogP) is 2.31. The molecule has 1 aromatic heterocycles. The lowest BCUT2D eigenvalue weighted by Gasteiger charge is -2.15. The molecule has 0 aliphatic heterocycles. The van der Waals surface area contributed by atoms with E-state index in [1.807, 2.05) is 5.51 Å². The summed E-state index contributed by atoms with van der Waals surface area (Å²) in [6.45, 7) is 5.25. The molecule has 0 amide bonds. The van der Waals surface area contributed by atoms with Crippen LogP contribution in [0.25, 0.3) is 0 Å². The SMILES string of the molecule is CC(C)CC(CN)Cc1cscn1. The second kappa shape index (κ2) is 5.35. The fourth-order valence-electron chi connectivity index (χ4n) is 1.56. The molecule has 3 heteroatoms. The van der Waals surface area contributed by atoms with Crippen molar-refractivity contribution in [3.05, 3.63) is 16.6 Å². The van der Waals surface area contributed by atoms with Crippen LogP contribution in [0.4, 0.5) is 0 Å². The molecule has 1 atom stereocenters. The van der Waals surface area contributed by atoms with E-state index < -0.39 is 0 Å². The minimum absolute atomic E-state index is 0.599. The Morgan fingerprint density at radius 1 is 1.54 bits per heavy atom. The Labute approximate surface area is 84.2 Å². The normalized spacial score (nSPS) is 13.5. The molecule has 1 heterocycles. The molecule has 2 nitrogen and oxygen atoms in total. The Kier molecular flexibility index (Phi) is 4.39. The zero-order chi connectivity index (χ0) is 9.68. The van der Waals surface area contributed by atoms with E-state index in [9.17, 15) is 0 Å². The number of hydrogen-bond acceptors (Lipinski definition) is 3. The van der Waals surface area contributed by atoms with Gasteiger partial charge in [-0.1, -0.05) is 13.8 Å². The maximum absolute atomic E-state index is 5.71. The fourth-order valence-corrected chi connectivity index (χ4v) is 2.13. The van der Waals surface area contributed by atoms with Crippen LogP contribution in [0, 0.1) is 11.8 Å². The van der Waals surface area contributed by atoms with Gasteiger partial charge in [-0.05, 0) is 31.2 Å². The van der Waals surface area contributed by atoms with Crippen molar-refractivity contribution in [1.29, 1.82) is 0 Å². The summed E-state index contributed by atoms with van der Waals surface area (Å²) < 4.78 is 0. The van der Waals surface area contributed by atoms with Gasteiger partial charge in [0, 0.05) is 5.38 Å². The average Bonchev–Trinajstić information content (AvgIpc) is 2.55. The highest BCUT2D eigenvalue weighted by Gasteiger charge is 2.10. The van der Waals surface area contributed by atoms with E-state index in [0.29, 0.717) is 5.92 Å². The third-order valence-corrected chi connectivity index (χ3v) is 2.75. The number of hydrogen-bond donors (Lipinski definition) is 1. The van der Waals surface area contributed by atoms with E-state index in [1.165, 1.54) is 12.1 Å². The fraction of sp³-hybridized carbons (Fsp3) is 0.700. The van der Waals surface area contributed by atoms with Crippen molar-refractivity contribution in [2.24, 2.45) is 17.6 Å². The quantitative estimate of drug-likeness (QED) is 0.788. The van der Waals surface area contributed by atoms with Gasteiger partial charge in [-0.2, -0.15) is 0 Å². The molecule has 2 N–H and O–H groups in total. The number of rotatable bonds is 5. The third-order valence-electron chi connectivity index (χ3n) is 2.12. The third kappa shape index (κ3) is 3.87. The number of thiazole rings is 1. The standard InChI is InChI=1S/C10H18N2S/c1-8(2)3-9(5-11)4-10-6-13-7-12-10/h6-9H,3-5,11H2,1-2H3. The highest BCUT2D eigenvalue weighted by molar-refractivity contribution is 7.07.